The van der Waals surface area contributed by atoms with Crippen molar-refractivity contribution < 1.29 is 23.8 Å². The summed E-state index contributed by atoms with van der Waals surface area (Å²) >= 11 is 0. The summed E-state index contributed by atoms with van der Waals surface area (Å²) in [7, 11) is 3.00. The minimum Gasteiger partial charge on any atom is -0.496 e. The number of carbonyl (C=O) groups excluding carboxylic acids is 2. The normalized spacial score (nSPS) is 10.4. The molecule has 0 bridgehead atoms. The van der Waals surface area contributed by atoms with Crippen LogP contribution in [-0.4, -0.2) is 32.6 Å². The lowest BCUT2D eigenvalue weighted by atomic mass is 10.1. The van der Waals surface area contributed by atoms with E-state index in [4.69, 9.17) is 14.2 Å². The molecular weight excluding hydrogens is 408 g/mol. The van der Waals surface area contributed by atoms with Gasteiger partial charge in [0.05, 0.1) is 32.0 Å². The summed E-state index contributed by atoms with van der Waals surface area (Å²) in [4.78, 5) is 26.1. The van der Waals surface area contributed by atoms with Gasteiger partial charge < -0.3 is 24.8 Å². The Bertz CT molecular complexity index is 1000. The number of benzene rings is 3. The van der Waals surface area contributed by atoms with Crippen molar-refractivity contribution in [3.8, 4) is 17.2 Å². The van der Waals surface area contributed by atoms with Gasteiger partial charge in [-0.3, -0.25) is 9.59 Å². The van der Waals surface area contributed by atoms with Gasteiger partial charge in [-0.25, -0.2) is 0 Å². The Balaban J connectivity index is 1.90. The van der Waals surface area contributed by atoms with Gasteiger partial charge in [-0.2, -0.15) is 0 Å². The van der Waals surface area contributed by atoms with Gasteiger partial charge >= 0.3 is 0 Å². The largest absolute Gasteiger partial charge is 0.496 e. The Morgan fingerprint density at radius 1 is 0.750 bits per heavy atom. The second kappa shape index (κ2) is 10.9. The molecule has 7 nitrogen and oxygen atoms in total. The van der Waals surface area contributed by atoms with Gasteiger partial charge in [-0.1, -0.05) is 36.4 Å². The fraction of sp³-hybridized carbons (Fsp3) is 0.200. The topological polar surface area (TPSA) is 85.9 Å². The van der Waals surface area contributed by atoms with Crippen LogP contribution in [0.3, 0.4) is 0 Å². The van der Waals surface area contributed by atoms with Crippen LogP contribution in [0.1, 0.15) is 39.4 Å². The number of rotatable bonds is 9. The third-order valence-corrected chi connectivity index (χ3v) is 4.78. The maximum absolute atomic E-state index is 13.0. The standard InChI is InChI=1S/C25H26N2O5/c1-4-32-18-15-13-17(14-16-18)23(26-24(28)19-9-5-7-11-21(19)30-2)27-25(29)20-10-6-8-12-22(20)31-3/h5-16,23H,4H2,1-3H3,(H,26,28)(H,27,29). The maximum atomic E-state index is 13.0. The molecule has 2 amide bonds. The van der Waals surface area contributed by atoms with E-state index in [2.05, 4.69) is 10.6 Å². The molecule has 2 N–H and O–H groups in total. The average Bonchev–Trinajstić information content (AvgIpc) is 2.84. The summed E-state index contributed by atoms with van der Waals surface area (Å²) in [5, 5.41) is 5.76. The highest BCUT2D eigenvalue weighted by atomic mass is 16.5. The molecule has 0 spiro atoms. The molecule has 0 heterocycles. The van der Waals surface area contributed by atoms with Crippen molar-refractivity contribution >= 4 is 11.8 Å². The van der Waals surface area contributed by atoms with E-state index >= 15 is 0 Å². The highest BCUT2D eigenvalue weighted by Gasteiger charge is 2.22. The Morgan fingerprint density at radius 2 is 1.22 bits per heavy atom. The van der Waals surface area contributed by atoms with Crippen molar-refractivity contribution in [2.75, 3.05) is 20.8 Å². The average molecular weight is 434 g/mol. The molecule has 0 aliphatic carbocycles. The fourth-order valence-corrected chi connectivity index (χ4v) is 3.21. The molecule has 32 heavy (non-hydrogen) atoms. The summed E-state index contributed by atoms with van der Waals surface area (Å²) in [6.07, 6.45) is -0.805. The van der Waals surface area contributed by atoms with Gasteiger partial charge in [0.15, 0.2) is 0 Å². The molecular formula is C25H26N2O5. The van der Waals surface area contributed by atoms with Crippen LogP contribution in [0.5, 0.6) is 17.2 Å². The molecule has 0 aliphatic rings. The lowest BCUT2D eigenvalue weighted by Crippen LogP contribution is -2.41. The Hall–Kier alpha value is -4.00. The summed E-state index contributed by atoms with van der Waals surface area (Å²) in [6.45, 7) is 2.44. The fourth-order valence-electron chi connectivity index (χ4n) is 3.21. The smallest absolute Gasteiger partial charge is 0.256 e. The second-order valence-corrected chi connectivity index (χ2v) is 6.78. The molecule has 166 valence electrons. The monoisotopic (exact) mass is 434 g/mol. The lowest BCUT2D eigenvalue weighted by Gasteiger charge is -2.22. The van der Waals surface area contributed by atoms with Crippen molar-refractivity contribution in [3.63, 3.8) is 0 Å². The predicted molar refractivity (Wildman–Crippen MR) is 121 cm³/mol. The number of amides is 2. The zero-order valence-electron chi connectivity index (χ0n) is 18.3. The van der Waals surface area contributed by atoms with Gasteiger partial charge in [-0.05, 0) is 48.9 Å². The van der Waals surface area contributed by atoms with E-state index in [0.29, 0.717) is 40.5 Å². The third-order valence-electron chi connectivity index (χ3n) is 4.78. The van der Waals surface area contributed by atoms with E-state index in [0.717, 1.165) is 0 Å². The van der Waals surface area contributed by atoms with Crippen LogP contribution in [0.15, 0.2) is 72.8 Å². The lowest BCUT2D eigenvalue weighted by molar-refractivity contribution is 0.0880. The van der Waals surface area contributed by atoms with Crippen LogP contribution >= 0.6 is 0 Å². The van der Waals surface area contributed by atoms with Crippen LogP contribution in [-0.2, 0) is 0 Å². The highest BCUT2D eigenvalue weighted by molar-refractivity contribution is 5.99. The van der Waals surface area contributed by atoms with Crippen molar-refractivity contribution in [2.45, 2.75) is 13.1 Å². The van der Waals surface area contributed by atoms with E-state index in [1.165, 1.54) is 14.2 Å². The molecule has 0 unspecified atom stereocenters. The first-order chi connectivity index (χ1) is 15.6. The van der Waals surface area contributed by atoms with Gasteiger partial charge in [0.1, 0.15) is 23.4 Å². The van der Waals surface area contributed by atoms with Crippen LogP contribution < -0.4 is 24.8 Å². The number of nitrogens with one attached hydrogen (secondary N) is 2. The first-order valence-corrected chi connectivity index (χ1v) is 10.2. The van der Waals surface area contributed by atoms with Crippen molar-refractivity contribution in [1.29, 1.82) is 0 Å². The molecule has 0 saturated carbocycles. The van der Waals surface area contributed by atoms with Crippen LogP contribution in [0.25, 0.3) is 0 Å². The maximum Gasteiger partial charge on any atom is 0.256 e. The molecule has 0 atom stereocenters. The van der Waals surface area contributed by atoms with Gasteiger partial charge in [-0.15, -0.1) is 0 Å². The van der Waals surface area contributed by atoms with E-state index < -0.39 is 6.17 Å². The molecule has 0 fully saturated rings. The molecule has 3 aromatic rings. The molecule has 7 heteroatoms. The second-order valence-electron chi connectivity index (χ2n) is 6.78. The van der Waals surface area contributed by atoms with Gasteiger partial charge in [0, 0.05) is 0 Å². The molecule has 3 aromatic carbocycles. The van der Waals surface area contributed by atoms with E-state index in [1.807, 2.05) is 6.92 Å². The number of hydrogen-bond donors (Lipinski definition) is 2. The molecule has 3 rings (SSSR count). The van der Waals surface area contributed by atoms with Gasteiger partial charge in [0.25, 0.3) is 11.8 Å². The number of carbonyl (C=O) groups is 2. The van der Waals surface area contributed by atoms with Crippen LogP contribution in [0.4, 0.5) is 0 Å². The Labute approximate surface area is 187 Å². The zero-order chi connectivity index (χ0) is 22.9. The number of methoxy groups -OCH3 is 2. The first-order valence-electron chi connectivity index (χ1n) is 10.2. The van der Waals surface area contributed by atoms with E-state index in [-0.39, 0.29) is 11.8 Å². The predicted octanol–water partition coefficient (Wildman–Crippen LogP) is 3.96. The molecule has 0 aromatic heterocycles. The first kappa shape index (κ1) is 22.7. The van der Waals surface area contributed by atoms with E-state index in [9.17, 15) is 9.59 Å². The summed E-state index contributed by atoms with van der Waals surface area (Å²) in [5.74, 6) is 0.795. The van der Waals surface area contributed by atoms with Crippen LogP contribution in [0, 0.1) is 0 Å². The number of ether oxygens (including phenoxy) is 3. The van der Waals surface area contributed by atoms with E-state index in [1.54, 1.807) is 72.8 Å². The minimum atomic E-state index is -0.805. The number of para-hydroxylation sites is 2. The highest BCUT2D eigenvalue weighted by Crippen LogP contribution is 2.22. The summed E-state index contributed by atoms with van der Waals surface area (Å²) < 4.78 is 16.1. The Morgan fingerprint density at radius 3 is 1.66 bits per heavy atom. The Kier molecular flexibility index (Phi) is 7.70. The van der Waals surface area contributed by atoms with Crippen molar-refractivity contribution in [3.05, 3.63) is 89.5 Å². The van der Waals surface area contributed by atoms with Crippen molar-refractivity contribution in [1.82, 2.24) is 10.6 Å². The molecule has 0 aliphatic heterocycles. The third kappa shape index (κ3) is 5.37. The quantitative estimate of drug-likeness (QED) is 0.498. The molecule has 0 saturated heterocycles. The number of hydrogen-bond acceptors (Lipinski definition) is 5. The summed E-state index contributed by atoms with van der Waals surface area (Å²) in [6, 6.07) is 20.9. The molecule has 0 radical (unpaired) electrons. The zero-order valence-corrected chi connectivity index (χ0v) is 18.3. The summed E-state index contributed by atoms with van der Waals surface area (Å²) in [5.41, 5.74) is 1.40. The van der Waals surface area contributed by atoms with Crippen molar-refractivity contribution in [2.24, 2.45) is 0 Å². The van der Waals surface area contributed by atoms with Crippen LogP contribution in [0.2, 0.25) is 0 Å². The minimum absolute atomic E-state index is 0.359. The van der Waals surface area contributed by atoms with Gasteiger partial charge in [0.2, 0.25) is 0 Å². The SMILES string of the molecule is CCOc1ccc(C(NC(=O)c2ccccc2OC)NC(=O)c2ccccc2OC)cc1.